The Morgan fingerprint density at radius 3 is 2.34 bits per heavy atom. The number of nitrogens with zero attached hydrogens (tertiary/aromatic N) is 2. The largest absolute Gasteiger partial charge is 0.486 e. The van der Waals surface area contributed by atoms with Gasteiger partial charge in [-0.05, 0) is 49.2 Å². The van der Waals surface area contributed by atoms with Crippen molar-refractivity contribution in [3.8, 4) is 5.75 Å². The van der Waals surface area contributed by atoms with Gasteiger partial charge in [-0.15, -0.1) is 0 Å². The van der Waals surface area contributed by atoms with Crippen LogP contribution in [-0.2, 0) is 0 Å². The number of carbonyl (C=O) groups excluding carboxylic acids is 2. The molecule has 2 aromatic rings. The molecule has 0 aliphatic carbocycles. The van der Waals surface area contributed by atoms with Crippen LogP contribution in [0.4, 0.5) is 5.69 Å². The Labute approximate surface area is 168 Å². The number of likely N-dealkylation sites (tertiary alicyclic amines) is 1. The minimum atomic E-state index is -0.571. The lowest BCUT2D eigenvalue weighted by atomic mass is 9.81. The van der Waals surface area contributed by atoms with Crippen LogP contribution < -0.4 is 4.74 Å². The highest BCUT2D eigenvalue weighted by Crippen LogP contribution is 2.40. The Kier molecular flexibility index (Phi) is 4.61. The second-order valence-corrected chi connectivity index (χ2v) is 7.91. The zero-order valence-corrected chi connectivity index (χ0v) is 16.4. The first-order valence-electron chi connectivity index (χ1n) is 9.65. The number of aryl methyl sites for hydroxylation is 2. The van der Waals surface area contributed by atoms with Gasteiger partial charge in [-0.2, -0.15) is 0 Å². The fourth-order valence-corrected chi connectivity index (χ4v) is 4.05. The molecule has 29 heavy (non-hydrogen) atoms. The lowest BCUT2D eigenvalue weighted by Gasteiger charge is -2.44. The van der Waals surface area contributed by atoms with Gasteiger partial charge in [0.25, 0.3) is 11.6 Å². The Hall–Kier alpha value is -3.22. The van der Waals surface area contributed by atoms with E-state index in [4.69, 9.17) is 4.74 Å². The van der Waals surface area contributed by atoms with Crippen LogP contribution in [-0.4, -0.2) is 40.2 Å². The van der Waals surface area contributed by atoms with Gasteiger partial charge in [0.15, 0.2) is 5.78 Å². The molecule has 1 spiro atoms. The molecule has 0 N–H and O–H groups in total. The second kappa shape index (κ2) is 6.99. The van der Waals surface area contributed by atoms with Crippen molar-refractivity contribution in [3.05, 3.63) is 68.8 Å². The summed E-state index contributed by atoms with van der Waals surface area (Å²) >= 11 is 0. The minimum absolute atomic E-state index is 0.0440. The maximum atomic E-state index is 12.7. The third-order valence-corrected chi connectivity index (χ3v) is 5.99. The number of nitro benzene ring substituents is 1. The average molecular weight is 394 g/mol. The molecule has 150 valence electrons. The van der Waals surface area contributed by atoms with Gasteiger partial charge in [-0.1, -0.05) is 0 Å². The van der Waals surface area contributed by atoms with Gasteiger partial charge in [0.1, 0.15) is 11.4 Å². The third kappa shape index (κ3) is 3.48. The van der Waals surface area contributed by atoms with E-state index in [0.29, 0.717) is 49.2 Å². The van der Waals surface area contributed by atoms with E-state index in [9.17, 15) is 19.7 Å². The lowest BCUT2D eigenvalue weighted by Crippen LogP contribution is -2.52. The topological polar surface area (TPSA) is 89.8 Å². The molecule has 0 unspecified atom stereocenters. The molecule has 0 bridgehead atoms. The molecular formula is C22H22N2O5. The number of carbonyl (C=O) groups is 2. The molecule has 0 radical (unpaired) electrons. The van der Waals surface area contributed by atoms with E-state index in [1.54, 1.807) is 4.90 Å². The van der Waals surface area contributed by atoms with Crippen molar-refractivity contribution in [2.75, 3.05) is 13.1 Å². The number of non-ortho nitro benzene ring substituents is 1. The number of nitro groups is 1. The molecule has 0 aromatic heterocycles. The predicted octanol–water partition coefficient (Wildman–Crippen LogP) is 3.85. The molecule has 4 rings (SSSR count). The summed E-state index contributed by atoms with van der Waals surface area (Å²) in [7, 11) is 0. The Bertz CT molecular complexity index is 1000. The highest BCUT2D eigenvalue weighted by Gasteiger charge is 2.43. The standard InChI is InChI=1S/C22H22N2O5/c1-14-11-18-19(25)13-22(29-20(18)12-15(14)2)7-9-23(10-8-22)21(26)16-3-5-17(6-4-16)24(27)28/h3-6,11-12H,7-10,13H2,1-2H3. The first-order valence-corrected chi connectivity index (χ1v) is 9.65. The van der Waals surface area contributed by atoms with E-state index >= 15 is 0 Å². The Morgan fingerprint density at radius 1 is 1.10 bits per heavy atom. The van der Waals surface area contributed by atoms with Crippen LogP contribution in [0.3, 0.4) is 0 Å². The lowest BCUT2D eigenvalue weighted by molar-refractivity contribution is -0.384. The number of amides is 1. The molecule has 1 amide bonds. The van der Waals surface area contributed by atoms with Crippen molar-refractivity contribution in [1.29, 1.82) is 0 Å². The molecule has 2 heterocycles. The molecule has 2 aliphatic rings. The van der Waals surface area contributed by atoms with Crippen LogP contribution >= 0.6 is 0 Å². The molecule has 0 saturated carbocycles. The molecular weight excluding hydrogens is 372 g/mol. The highest BCUT2D eigenvalue weighted by molar-refractivity contribution is 6.00. The van der Waals surface area contributed by atoms with E-state index in [2.05, 4.69) is 0 Å². The molecule has 7 heteroatoms. The molecule has 2 aromatic carbocycles. The molecule has 1 saturated heterocycles. The number of ether oxygens (including phenoxy) is 1. The van der Waals surface area contributed by atoms with Gasteiger partial charge in [-0.3, -0.25) is 19.7 Å². The van der Waals surface area contributed by atoms with E-state index < -0.39 is 10.5 Å². The Morgan fingerprint density at radius 2 is 1.72 bits per heavy atom. The summed E-state index contributed by atoms with van der Waals surface area (Å²) in [5.74, 6) is 0.563. The zero-order valence-electron chi connectivity index (χ0n) is 16.4. The zero-order chi connectivity index (χ0) is 20.8. The summed E-state index contributed by atoms with van der Waals surface area (Å²) in [5, 5.41) is 10.8. The maximum Gasteiger partial charge on any atom is 0.269 e. The van der Waals surface area contributed by atoms with Crippen molar-refractivity contribution in [2.24, 2.45) is 0 Å². The van der Waals surface area contributed by atoms with E-state index in [-0.39, 0.29) is 17.4 Å². The van der Waals surface area contributed by atoms with E-state index in [1.807, 2.05) is 26.0 Å². The first kappa shape index (κ1) is 19.1. The van der Waals surface area contributed by atoms with Crippen LogP contribution in [0.2, 0.25) is 0 Å². The summed E-state index contributed by atoms with van der Waals surface area (Å²) < 4.78 is 6.31. The molecule has 2 aliphatic heterocycles. The number of ketones is 1. The van der Waals surface area contributed by atoms with Gasteiger partial charge in [-0.25, -0.2) is 0 Å². The Balaban J connectivity index is 1.47. The van der Waals surface area contributed by atoms with Crippen LogP contribution in [0, 0.1) is 24.0 Å². The van der Waals surface area contributed by atoms with Crippen LogP contribution in [0.25, 0.3) is 0 Å². The molecule has 0 atom stereocenters. The van der Waals surface area contributed by atoms with Crippen molar-refractivity contribution in [3.63, 3.8) is 0 Å². The minimum Gasteiger partial charge on any atom is -0.486 e. The van der Waals surface area contributed by atoms with Crippen LogP contribution in [0.1, 0.15) is 51.1 Å². The SMILES string of the molecule is Cc1cc2c(cc1C)C(=O)CC1(CCN(C(=O)c3ccc([N+](=O)[O-])cc3)CC1)O2. The van der Waals surface area contributed by atoms with Gasteiger partial charge >= 0.3 is 0 Å². The normalized spacial score (nSPS) is 17.6. The fraction of sp³-hybridized carbons (Fsp3) is 0.364. The van der Waals surface area contributed by atoms with Crippen molar-refractivity contribution in [2.45, 2.75) is 38.7 Å². The number of hydrogen-bond donors (Lipinski definition) is 0. The number of Topliss-reactive ketones (excluding diaryl/α,β-unsaturated/α-hetero) is 1. The van der Waals surface area contributed by atoms with E-state index in [1.165, 1.54) is 24.3 Å². The summed E-state index contributed by atoms with van der Waals surface area (Å²) in [6.45, 7) is 4.93. The molecule has 1 fully saturated rings. The van der Waals surface area contributed by atoms with Gasteiger partial charge in [0, 0.05) is 43.6 Å². The number of hydrogen-bond acceptors (Lipinski definition) is 5. The van der Waals surface area contributed by atoms with Gasteiger partial charge < -0.3 is 9.64 Å². The second-order valence-electron chi connectivity index (χ2n) is 7.91. The highest BCUT2D eigenvalue weighted by atomic mass is 16.6. The average Bonchev–Trinajstić information content (AvgIpc) is 2.70. The predicted molar refractivity (Wildman–Crippen MR) is 106 cm³/mol. The number of rotatable bonds is 2. The monoisotopic (exact) mass is 394 g/mol. The molecule has 7 nitrogen and oxygen atoms in total. The maximum absolute atomic E-state index is 12.7. The fourth-order valence-electron chi connectivity index (χ4n) is 4.05. The quantitative estimate of drug-likeness (QED) is 0.570. The third-order valence-electron chi connectivity index (χ3n) is 5.99. The van der Waals surface area contributed by atoms with Crippen molar-refractivity contribution in [1.82, 2.24) is 4.90 Å². The summed E-state index contributed by atoms with van der Waals surface area (Å²) in [6.07, 6.45) is 1.47. The summed E-state index contributed by atoms with van der Waals surface area (Å²) in [5.41, 5.74) is 2.60. The summed E-state index contributed by atoms with van der Waals surface area (Å²) in [4.78, 5) is 37.5. The van der Waals surface area contributed by atoms with Crippen molar-refractivity contribution < 1.29 is 19.2 Å². The van der Waals surface area contributed by atoms with Crippen molar-refractivity contribution >= 4 is 17.4 Å². The number of benzene rings is 2. The van der Waals surface area contributed by atoms with Gasteiger partial charge in [0.2, 0.25) is 0 Å². The van der Waals surface area contributed by atoms with Crippen LogP contribution in [0.15, 0.2) is 36.4 Å². The first-order chi connectivity index (χ1) is 13.8. The smallest absolute Gasteiger partial charge is 0.269 e. The summed E-state index contributed by atoms with van der Waals surface area (Å²) in [6, 6.07) is 9.45. The van der Waals surface area contributed by atoms with Gasteiger partial charge in [0.05, 0.1) is 16.9 Å². The van der Waals surface area contributed by atoms with Crippen LogP contribution in [0.5, 0.6) is 5.75 Å². The number of fused-ring (bicyclic) bond motifs is 1. The number of piperidine rings is 1. The van der Waals surface area contributed by atoms with E-state index in [0.717, 1.165) is 11.1 Å².